The summed E-state index contributed by atoms with van der Waals surface area (Å²) in [7, 11) is 0. The summed E-state index contributed by atoms with van der Waals surface area (Å²) in [4.78, 5) is 16.4. The van der Waals surface area contributed by atoms with E-state index in [0.717, 1.165) is 35.3 Å². The van der Waals surface area contributed by atoms with Crippen LogP contribution in [-0.4, -0.2) is 32.4 Å². The van der Waals surface area contributed by atoms with Gasteiger partial charge < -0.3 is 15.7 Å². The minimum Gasteiger partial charge on any atom is -0.385 e. The van der Waals surface area contributed by atoms with Crippen molar-refractivity contribution in [2.24, 2.45) is 0 Å². The Kier molecular flexibility index (Phi) is 5.08. The quantitative estimate of drug-likeness (QED) is 0.559. The molecule has 2 aromatic heterocycles. The predicted octanol–water partition coefficient (Wildman–Crippen LogP) is 3.42. The second kappa shape index (κ2) is 7.82. The van der Waals surface area contributed by atoms with Crippen LogP contribution in [0.2, 0.25) is 0 Å². The Morgan fingerprint density at radius 3 is 2.54 bits per heavy atom. The maximum Gasteiger partial charge on any atom is 0.319 e. The molecule has 4 N–H and O–H groups in total. The summed E-state index contributed by atoms with van der Waals surface area (Å²) in [6, 6.07) is 13.0. The van der Waals surface area contributed by atoms with Gasteiger partial charge in [-0.15, -0.1) is 0 Å². The summed E-state index contributed by atoms with van der Waals surface area (Å²) < 4.78 is 0. The smallest absolute Gasteiger partial charge is 0.319 e. The van der Waals surface area contributed by atoms with Crippen LogP contribution in [0, 0.1) is 0 Å². The summed E-state index contributed by atoms with van der Waals surface area (Å²) >= 11 is 0. The van der Waals surface area contributed by atoms with Gasteiger partial charge in [-0.25, -0.2) is 4.79 Å². The molecule has 1 saturated carbocycles. The Morgan fingerprint density at radius 2 is 1.89 bits per heavy atom. The lowest BCUT2D eigenvalue weighted by atomic mass is 9.78. The number of H-pyrrole nitrogens is 1. The number of hydrogen-bond donors (Lipinski definition) is 4. The largest absolute Gasteiger partial charge is 0.385 e. The normalized spacial score (nSPS) is 21.8. The van der Waals surface area contributed by atoms with Crippen LogP contribution < -0.4 is 10.6 Å². The molecule has 0 radical (unpaired) electrons. The maximum absolute atomic E-state index is 12.3. The maximum atomic E-state index is 12.3. The van der Waals surface area contributed by atoms with Crippen molar-refractivity contribution < 1.29 is 9.90 Å². The molecule has 0 bridgehead atoms. The number of carbonyl (C=O) groups excluding carboxylic acids is 1. The number of aromatic amines is 1. The topological polar surface area (TPSA) is 103 Å². The Morgan fingerprint density at radius 1 is 1.11 bits per heavy atom. The van der Waals surface area contributed by atoms with Crippen molar-refractivity contribution >= 4 is 11.7 Å². The van der Waals surface area contributed by atoms with Crippen molar-refractivity contribution in [1.29, 1.82) is 0 Å². The van der Waals surface area contributed by atoms with Crippen molar-refractivity contribution in [2.45, 2.75) is 37.3 Å². The highest BCUT2D eigenvalue weighted by molar-refractivity contribution is 5.89. The van der Waals surface area contributed by atoms with Crippen LogP contribution in [0.15, 0.2) is 61.1 Å². The number of anilines is 1. The summed E-state index contributed by atoms with van der Waals surface area (Å²) in [5.41, 5.74) is 2.65. The van der Waals surface area contributed by atoms with Crippen molar-refractivity contribution in [1.82, 2.24) is 20.5 Å². The monoisotopic (exact) mass is 377 g/mol. The molecule has 2 amide bonds. The Bertz CT molecular complexity index is 902. The second-order valence-electron chi connectivity index (χ2n) is 7.19. The fourth-order valence-electron chi connectivity index (χ4n) is 3.67. The molecule has 3 aromatic rings. The number of rotatable bonds is 4. The predicted molar refractivity (Wildman–Crippen MR) is 107 cm³/mol. The van der Waals surface area contributed by atoms with E-state index in [4.69, 9.17) is 0 Å². The van der Waals surface area contributed by atoms with Crippen molar-refractivity contribution in [3.8, 4) is 11.3 Å². The summed E-state index contributed by atoms with van der Waals surface area (Å²) in [5, 5.41) is 23.6. The van der Waals surface area contributed by atoms with Crippen molar-refractivity contribution in [2.75, 3.05) is 5.32 Å². The van der Waals surface area contributed by atoms with E-state index in [1.54, 1.807) is 18.6 Å². The third-order valence-electron chi connectivity index (χ3n) is 5.30. The van der Waals surface area contributed by atoms with Crippen molar-refractivity contribution in [3.05, 3.63) is 66.6 Å². The molecule has 1 fully saturated rings. The van der Waals surface area contributed by atoms with Crippen LogP contribution in [0.3, 0.4) is 0 Å². The molecule has 0 spiro atoms. The molecule has 0 atom stereocenters. The minimum absolute atomic E-state index is 0.0428. The lowest BCUT2D eigenvalue weighted by molar-refractivity contribution is -0.00746. The number of pyridine rings is 1. The van der Waals surface area contributed by atoms with Gasteiger partial charge in [0.15, 0.2) is 0 Å². The highest BCUT2D eigenvalue weighted by atomic mass is 16.3. The first-order valence-electron chi connectivity index (χ1n) is 9.43. The van der Waals surface area contributed by atoms with Gasteiger partial charge in [-0.1, -0.05) is 18.2 Å². The van der Waals surface area contributed by atoms with Crippen LogP contribution >= 0.6 is 0 Å². The van der Waals surface area contributed by atoms with Gasteiger partial charge in [0, 0.05) is 35.9 Å². The van der Waals surface area contributed by atoms with E-state index in [2.05, 4.69) is 25.8 Å². The lowest BCUT2D eigenvalue weighted by Gasteiger charge is -2.36. The SMILES string of the molecule is O=C(Nc1ccc(-c2ccn[nH]2)cc1)NC1CCC(O)(c2cccnc2)CC1. The number of nitrogens with zero attached hydrogens (tertiary/aromatic N) is 2. The van der Waals surface area contributed by atoms with E-state index in [1.165, 1.54) is 0 Å². The van der Waals surface area contributed by atoms with Gasteiger partial charge in [0.05, 0.1) is 11.3 Å². The molecule has 7 nitrogen and oxygen atoms in total. The van der Waals surface area contributed by atoms with Crippen LogP contribution in [-0.2, 0) is 5.60 Å². The van der Waals surface area contributed by atoms with E-state index in [-0.39, 0.29) is 12.1 Å². The molecule has 0 unspecified atom stereocenters. The van der Waals surface area contributed by atoms with Crippen LogP contribution in [0.4, 0.5) is 10.5 Å². The molecule has 4 rings (SSSR count). The number of carbonyl (C=O) groups is 1. The highest BCUT2D eigenvalue weighted by Gasteiger charge is 2.35. The van der Waals surface area contributed by atoms with E-state index in [1.807, 2.05) is 42.5 Å². The number of aromatic nitrogens is 3. The Hall–Kier alpha value is -3.19. The summed E-state index contributed by atoms with van der Waals surface area (Å²) in [6.45, 7) is 0. The Balaban J connectivity index is 1.29. The average Bonchev–Trinajstić information content (AvgIpc) is 3.26. The molecule has 2 heterocycles. The standard InChI is InChI=1S/C21H23N5O2/c27-20(24-17-5-3-15(4-6-17)19-9-13-23-26-19)25-18-7-10-21(28,11-8-18)16-2-1-12-22-14-16/h1-6,9,12-14,18,28H,7-8,10-11H2,(H,23,26)(H2,24,25,27). The van der Waals surface area contributed by atoms with Gasteiger partial charge in [0.1, 0.15) is 0 Å². The van der Waals surface area contributed by atoms with Crippen LogP contribution in [0.5, 0.6) is 0 Å². The number of benzene rings is 1. The van der Waals surface area contributed by atoms with Gasteiger partial charge in [-0.2, -0.15) is 5.10 Å². The molecule has 1 aliphatic rings. The zero-order valence-electron chi connectivity index (χ0n) is 15.4. The third-order valence-corrected chi connectivity index (χ3v) is 5.30. The molecular formula is C21H23N5O2. The zero-order valence-corrected chi connectivity index (χ0v) is 15.4. The molecule has 144 valence electrons. The number of urea groups is 1. The Labute approximate surface area is 163 Å². The van der Waals surface area contributed by atoms with E-state index in [9.17, 15) is 9.90 Å². The van der Waals surface area contributed by atoms with Gasteiger partial charge in [-0.05, 0) is 55.5 Å². The van der Waals surface area contributed by atoms with Gasteiger partial charge in [0.25, 0.3) is 0 Å². The first-order valence-corrected chi connectivity index (χ1v) is 9.43. The second-order valence-corrected chi connectivity index (χ2v) is 7.19. The van der Waals surface area contributed by atoms with E-state index < -0.39 is 5.60 Å². The van der Waals surface area contributed by atoms with Crippen LogP contribution in [0.1, 0.15) is 31.2 Å². The lowest BCUT2D eigenvalue weighted by Crippen LogP contribution is -2.43. The molecule has 1 aliphatic carbocycles. The molecular weight excluding hydrogens is 354 g/mol. The third kappa shape index (κ3) is 4.04. The van der Waals surface area contributed by atoms with E-state index >= 15 is 0 Å². The fraction of sp³-hybridized carbons (Fsp3) is 0.286. The number of aliphatic hydroxyl groups is 1. The van der Waals surface area contributed by atoms with Gasteiger partial charge >= 0.3 is 6.03 Å². The molecule has 0 saturated heterocycles. The number of amides is 2. The van der Waals surface area contributed by atoms with Crippen molar-refractivity contribution in [3.63, 3.8) is 0 Å². The first-order chi connectivity index (χ1) is 13.6. The summed E-state index contributed by atoms with van der Waals surface area (Å²) in [6.07, 6.45) is 7.76. The molecule has 28 heavy (non-hydrogen) atoms. The average molecular weight is 377 g/mol. The van der Waals surface area contributed by atoms with Gasteiger partial charge in [0.2, 0.25) is 0 Å². The molecule has 0 aliphatic heterocycles. The molecule has 1 aromatic carbocycles. The van der Waals surface area contributed by atoms with Gasteiger partial charge in [-0.3, -0.25) is 10.1 Å². The zero-order chi connectivity index (χ0) is 19.4. The van der Waals surface area contributed by atoms with E-state index in [0.29, 0.717) is 12.8 Å². The summed E-state index contributed by atoms with van der Waals surface area (Å²) in [5.74, 6) is 0. The first kappa shape index (κ1) is 18.2. The van der Waals surface area contributed by atoms with Crippen LogP contribution in [0.25, 0.3) is 11.3 Å². The molecule has 7 heteroatoms. The fourth-order valence-corrected chi connectivity index (χ4v) is 3.67. The minimum atomic E-state index is -0.856. The number of hydrogen-bond acceptors (Lipinski definition) is 4. The number of nitrogens with one attached hydrogen (secondary N) is 3. The highest BCUT2D eigenvalue weighted by Crippen LogP contribution is 2.36.